The fraction of sp³-hybridized carbons (Fsp3) is 0.588. The van der Waals surface area contributed by atoms with Crippen LogP contribution in [0.15, 0.2) is 24.3 Å². The SMILES string of the molecule is CC1COC(CCl)CN1C(=O)C1CCc2ccccc2C1. The van der Waals surface area contributed by atoms with Crippen LogP contribution in [0.1, 0.15) is 24.5 Å². The Labute approximate surface area is 131 Å². The highest BCUT2D eigenvalue weighted by atomic mass is 35.5. The van der Waals surface area contributed by atoms with Crippen LogP contribution in [-0.4, -0.2) is 42.0 Å². The lowest BCUT2D eigenvalue weighted by atomic mass is 9.83. The largest absolute Gasteiger partial charge is 0.373 e. The van der Waals surface area contributed by atoms with Gasteiger partial charge in [0.25, 0.3) is 0 Å². The van der Waals surface area contributed by atoms with E-state index >= 15 is 0 Å². The van der Waals surface area contributed by atoms with E-state index in [2.05, 4.69) is 31.2 Å². The normalized spacial score (nSPS) is 29.0. The summed E-state index contributed by atoms with van der Waals surface area (Å²) in [6.07, 6.45) is 2.79. The number of carbonyl (C=O) groups excluding carboxylic acids is 1. The lowest BCUT2D eigenvalue weighted by Gasteiger charge is -2.40. The van der Waals surface area contributed by atoms with Crippen LogP contribution in [0, 0.1) is 5.92 Å². The van der Waals surface area contributed by atoms with Crippen molar-refractivity contribution >= 4 is 17.5 Å². The first-order valence-electron chi connectivity index (χ1n) is 7.74. The summed E-state index contributed by atoms with van der Waals surface area (Å²) < 4.78 is 5.64. The third-order valence-corrected chi connectivity index (χ3v) is 5.00. The second kappa shape index (κ2) is 6.37. The van der Waals surface area contributed by atoms with Crippen LogP contribution < -0.4 is 0 Å². The van der Waals surface area contributed by atoms with Crippen LogP contribution in [0.2, 0.25) is 0 Å². The van der Waals surface area contributed by atoms with Crippen molar-refractivity contribution in [1.29, 1.82) is 0 Å². The molecule has 1 aliphatic heterocycles. The molecule has 1 aromatic carbocycles. The zero-order valence-electron chi connectivity index (χ0n) is 12.4. The maximum absolute atomic E-state index is 12.9. The number of fused-ring (bicyclic) bond motifs is 1. The number of amides is 1. The van der Waals surface area contributed by atoms with Crippen molar-refractivity contribution in [1.82, 2.24) is 4.90 Å². The van der Waals surface area contributed by atoms with Crippen LogP contribution in [0.25, 0.3) is 0 Å². The molecule has 3 nitrogen and oxygen atoms in total. The number of carbonyl (C=O) groups is 1. The highest BCUT2D eigenvalue weighted by Gasteiger charge is 2.34. The van der Waals surface area contributed by atoms with E-state index in [9.17, 15) is 4.79 Å². The van der Waals surface area contributed by atoms with Crippen LogP contribution >= 0.6 is 11.6 Å². The van der Waals surface area contributed by atoms with Gasteiger partial charge in [-0.3, -0.25) is 4.79 Å². The van der Waals surface area contributed by atoms with Crippen molar-refractivity contribution in [2.45, 2.75) is 38.3 Å². The lowest BCUT2D eigenvalue weighted by molar-refractivity contribution is -0.147. The quantitative estimate of drug-likeness (QED) is 0.786. The molecule has 3 atom stereocenters. The molecular formula is C17H22ClNO2. The number of rotatable bonds is 2. The van der Waals surface area contributed by atoms with Gasteiger partial charge in [0.1, 0.15) is 0 Å². The number of alkyl halides is 1. The third-order valence-electron chi connectivity index (χ3n) is 4.66. The average Bonchev–Trinajstić information content (AvgIpc) is 2.54. The molecule has 2 aliphatic rings. The van der Waals surface area contributed by atoms with Crippen LogP contribution in [-0.2, 0) is 22.4 Å². The lowest BCUT2D eigenvalue weighted by Crippen LogP contribution is -2.53. The molecular weight excluding hydrogens is 286 g/mol. The Balaban J connectivity index is 1.71. The van der Waals surface area contributed by atoms with Crippen LogP contribution in [0.5, 0.6) is 0 Å². The number of halogens is 1. The molecule has 0 aromatic heterocycles. The number of aryl methyl sites for hydroxylation is 1. The molecule has 114 valence electrons. The van der Waals surface area contributed by atoms with Gasteiger partial charge in [0.05, 0.1) is 24.6 Å². The number of ether oxygens (including phenoxy) is 1. The first-order valence-corrected chi connectivity index (χ1v) is 8.27. The molecule has 21 heavy (non-hydrogen) atoms. The first kappa shape index (κ1) is 14.9. The average molecular weight is 308 g/mol. The predicted molar refractivity (Wildman–Crippen MR) is 83.6 cm³/mol. The molecule has 1 fully saturated rings. The molecule has 0 spiro atoms. The molecule has 3 unspecified atom stereocenters. The number of hydrogen-bond donors (Lipinski definition) is 0. The summed E-state index contributed by atoms with van der Waals surface area (Å²) in [5, 5.41) is 0. The van der Waals surface area contributed by atoms with Gasteiger partial charge in [0.2, 0.25) is 5.91 Å². The predicted octanol–water partition coefficient (Wildman–Crippen LogP) is 2.65. The summed E-state index contributed by atoms with van der Waals surface area (Å²) in [5.41, 5.74) is 2.73. The summed E-state index contributed by atoms with van der Waals surface area (Å²) in [5.74, 6) is 0.830. The van der Waals surface area contributed by atoms with Crippen molar-refractivity contribution in [3.05, 3.63) is 35.4 Å². The zero-order valence-corrected chi connectivity index (χ0v) is 13.2. The van der Waals surface area contributed by atoms with Gasteiger partial charge >= 0.3 is 0 Å². The maximum Gasteiger partial charge on any atom is 0.226 e. The molecule has 1 heterocycles. The standard InChI is InChI=1S/C17H22ClNO2/c1-12-11-21-16(9-18)10-19(12)17(20)15-7-6-13-4-2-3-5-14(13)8-15/h2-5,12,15-16H,6-11H2,1H3. The molecule has 0 saturated carbocycles. The summed E-state index contributed by atoms with van der Waals surface area (Å²) in [6, 6.07) is 8.62. The second-order valence-electron chi connectivity index (χ2n) is 6.16. The van der Waals surface area contributed by atoms with Gasteiger partial charge in [-0.2, -0.15) is 0 Å². The van der Waals surface area contributed by atoms with Crippen molar-refractivity contribution in [2.75, 3.05) is 19.0 Å². The van der Waals surface area contributed by atoms with Gasteiger partial charge in [-0.05, 0) is 37.3 Å². The minimum Gasteiger partial charge on any atom is -0.373 e. The Morgan fingerprint density at radius 2 is 2.14 bits per heavy atom. The monoisotopic (exact) mass is 307 g/mol. The smallest absolute Gasteiger partial charge is 0.226 e. The van der Waals surface area contributed by atoms with Crippen LogP contribution in [0.3, 0.4) is 0 Å². The van der Waals surface area contributed by atoms with Crippen LogP contribution in [0.4, 0.5) is 0 Å². The zero-order chi connectivity index (χ0) is 14.8. The minimum absolute atomic E-state index is 0.0253. The minimum atomic E-state index is -0.0253. The summed E-state index contributed by atoms with van der Waals surface area (Å²) in [7, 11) is 0. The number of hydrogen-bond acceptors (Lipinski definition) is 2. The fourth-order valence-electron chi connectivity index (χ4n) is 3.36. The van der Waals surface area contributed by atoms with Crippen molar-refractivity contribution in [3.63, 3.8) is 0 Å². The van der Waals surface area contributed by atoms with Crippen molar-refractivity contribution in [2.24, 2.45) is 5.92 Å². The summed E-state index contributed by atoms with van der Waals surface area (Å²) in [6.45, 7) is 3.27. The summed E-state index contributed by atoms with van der Waals surface area (Å²) >= 11 is 5.89. The molecule has 0 bridgehead atoms. The highest BCUT2D eigenvalue weighted by Crippen LogP contribution is 2.28. The Bertz CT molecular complexity index is 519. The molecule has 0 radical (unpaired) electrons. The second-order valence-corrected chi connectivity index (χ2v) is 6.47. The van der Waals surface area contributed by atoms with Gasteiger partial charge in [-0.15, -0.1) is 11.6 Å². The van der Waals surface area contributed by atoms with E-state index in [1.807, 2.05) is 4.90 Å². The molecule has 1 saturated heterocycles. The number of nitrogens with zero attached hydrogens (tertiary/aromatic N) is 1. The first-order chi connectivity index (χ1) is 10.2. The van der Waals surface area contributed by atoms with E-state index in [0.717, 1.165) is 19.3 Å². The highest BCUT2D eigenvalue weighted by molar-refractivity contribution is 6.18. The van der Waals surface area contributed by atoms with Gasteiger partial charge in [-0.1, -0.05) is 24.3 Å². The van der Waals surface area contributed by atoms with Gasteiger partial charge in [0, 0.05) is 12.5 Å². The van der Waals surface area contributed by atoms with E-state index in [1.165, 1.54) is 11.1 Å². The van der Waals surface area contributed by atoms with Gasteiger partial charge < -0.3 is 9.64 Å². The molecule has 4 heteroatoms. The van der Waals surface area contributed by atoms with E-state index in [1.54, 1.807) is 0 Å². The molecule has 3 rings (SSSR count). The van der Waals surface area contributed by atoms with Crippen molar-refractivity contribution < 1.29 is 9.53 Å². The van der Waals surface area contributed by atoms with E-state index in [0.29, 0.717) is 19.0 Å². The molecule has 1 amide bonds. The van der Waals surface area contributed by atoms with E-state index < -0.39 is 0 Å². The van der Waals surface area contributed by atoms with Gasteiger partial charge in [0.15, 0.2) is 0 Å². The van der Waals surface area contributed by atoms with Crippen molar-refractivity contribution in [3.8, 4) is 0 Å². The number of morpholine rings is 1. The fourth-order valence-corrected chi connectivity index (χ4v) is 3.55. The molecule has 1 aromatic rings. The Morgan fingerprint density at radius 3 is 2.90 bits per heavy atom. The van der Waals surface area contributed by atoms with Gasteiger partial charge in [-0.25, -0.2) is 0 Å². The Kier molecular flexibility index (Phi) is 4.51. The Morgan fingerprint density at radius 1 is 1.38 bits per heavy atom. The van der Waals surface area contributed by atoms with E-state index in [4.69, 9.17) is 16.3 Å². The maximum atomic E-state index is 12.9. The number of benzene rings is 1. The van der Waals surface area contributed by atoms with E-state index in [-0.39, 0.29) is 24.0 Å². The topological polar surface area (TPSA) is 29.5 Å². The molecule has 0 N–H and O–H groups in total. The molecule has 1 aliphatic carbocycles. The third kappa shape index (κ3) is 3.09. The Hall–Kier alpha value is -1.06. The summed E-state index contributed by atoms with van der Waals surface area (Å²) in [4.78, 5) is 14.8.